The lowest BCUT2D eigenvalue weighted by molar-refractivity contribution is -0.162. The lowest BCUT2D eigenvalue weighted by Crippen LogP contribution is -2.75. The highest BCUT2D eigenvalue weighted by atomic mass is 35.5. The fourth-order valence-electron chi connectivity index (χ4n) is 4.25. The number of benzene rings is 1. The zero-order chi connectivity index (χ0) is 19.1. The Morgan fingerprint density at radius 1 is 1.26 bits per heavy atom. The minimum absolute atomic E-state index is 0.0110. The van der Waals surface area contributed by atoms with Crippen molar-refractivity contribution in [3.63, 3.8) is 0 Å². The number of ketones is 1. The molecule has 3 fully saturated rings. The molecule has 0 saturated heterocycles. The van der Waals surface area contributed by atoms with Gasteiger partial charge < -0.3 is 10.1 Å². The van der Waals surface area contributed by atoms with Crippen LogP contribution in [-0.2, 0) is 4.79 Å². The first-order chi connectivity index (χ1) is 12.9. The molecule has 0 atom stereocenters. The number of carbonyl (C=O) groups excluding carboxylic acids is 2. The number of rotatable bonds is 7. The van der Waals surface area contributed by atoms with E-state index in [4.69, 9.17) is 16.3 Å². The van der Waals surface area contributed by atoms with Gasteiger partial charge in [0.05, 0.1) is 5.02 Å². The third-order valence-corrected chi connectivity index (χ3v) is 5.50. The number of ether oxygens (including phenoxy) is 1. The molecule has 0 spiro atoms. The maximum Gasteiger partial charge on any atom is 0.270 e. The highest BCUT2D eigenvalue weighted by Gasteiger charge is 2.68. The van der Waals surface area contributed by atoms with Gasteiger partial charge in [-0.25, -0.2) is 14.4 Å². The molecule has 3 aliphatic rings. The summed E-state index contributed by atoms with van der Waals surface area (Å²) in [6, 6.07) is 5.64. The second-order valence-corrected chi connectivity index (χ2v) is 7.85. The topological polar surface area (TPSA) is 81.2 Å². The number of nitrogens with one attached hydrogen (secondary N) is 1. The number of halogens is 2. The highest BCUT2D eigenvalue weighted by molar-refractivity contribution is 6.30. The van der Waals surface area contributed by atoms with Crippen molar-refractivity contribution in [1.82, 2.24) is 15.3 Å². The van der Waals surface area contributed by atoms with Crippen molar-refractivity contribution < 1.29 is 18.7 Å². The van der Waals surface area contributed by atoms with Gasteiger partial charge in [0, 0.05) is 24.2 Å². The molecule has 3 saturated carbocycles. The Bertz CT molecular complexity index is 887. The minimum atomic E-state index is -0.581. The molecule has 2 aromatic rings. The van der Waals surface area contributed by atoms with Gasteiger partial charge in [-0.3, -0.25) is 9.59 Å². The van der Waals surface area contributed by atoms with Crippen molar-refractivity contribution >= 4 is 23.3 Å². The van der Waals surface area contributed by atoms with Gasteiger partial charge in [0.25, 0.3) is 5.91 Å². The first kappa shape index (κ1) is 17.9. The predicted molar refractivity (Wildman–Crippen MR) is 95.0 cm³/mol. The van der Waals surface area contributed by atoms with E-state index in [2.05, 4.69) is 15.3 Å². The number of carbonyl (C=O) groups is 2. The summed E-state index contributed by atoms with van der Waals surface area (Å²) >= 11 is 5.62. The molecule has 1 amide bonds. The van der Waals surface area contributed by atoms with Gasteiger partial charge in [-0.15, -0.1) is 0 Å². The number of nitrogens with zero attached hydrogens (tertiary/aromatic N) is 2. The van der Waals surface area contributed by atoms with Gasteiger partial charge in [-0.2, -0.15) is 0 Å². The second-order valence-electron chi connectivity index (χ2n) is 7.44. The summed E-state index contributed by atoms with van der Waals surface area (Å²) < 4.78 is 18.7. The smallest absolute Gasteiger partial charge is 0.270 e. The molecular formula is C19H17ClFN3O3. The zero-order valence-corrected chi connectivity index (χ0v) is 15.1. The van der Waals surface area contributed by atoms with Gasteiger partial charge in [-0.05, 0) is 42.9 Å². The molecule has 27 heavy (non-hydrogen) atoms. The van der Waals surface area contributed by atoms with E-state index in [-0.39, 0.29) is 40.0 Å². The summed E-state index contributed by atoms with van der Waals surface area (Å²) in [5, 5.41) is 3.03. The van der Waals surface area contributed by atoms with Crippen LogP contribution >= 0.6 is 11.6 Å². The van der Waals surface area contributed by atoms with E-state index in [1.807, 2.05) is 0 Å². The summed E-state index contributed by atoms with van der Waals surface area (Å²) in [5.74, 6) is -0.565. The van der Waals surface area contributed by atoms with E-state index >= 15 is 0 Å². The molecule has 0 aliphatic heterocycles. The first-order valence-electron chi connectivity index (χ1n) is 8.57. The van der Waals surface area contributed by atoms with E-state index in [1.165, 1.54) is 24.7 Å². The predicted octanol–water partition coefficient (Wildman–Crippen LogP) is 2.96. The molecule has 2 bridgehead atoms. The number of hydrogen-bond donors (Lipinski definition) is 1. The Morgan fingerprint density at radius 3 is 2.70 bits per heavy atom. The number of hydrogen-bond acceptors (Lipinski definition) is 5. The quantitative estimate of drug-likeness (QED) is 0.787. The van der Waals surface area contributed by atoms with E-state index in [0.717, 1.165) is 25.3 Å². The Kier molecular flexibility index (Phi) is 4.34. The van der Waals surface area contributed by atoms with Crippen LogP contribution in [0.25, 0.3) is 0 Å². The second kappa shape index (κ2) is 6.56. The molecule has 8 heteroatoms. The maximum absolute atomic E-state index is 13.4. The van der Waals surface area contributed by atoms with Gasteiger partial charge in [0.2, 0.25) is 0 Å². The molecule has 0 unspecified atom stereocenters. The van der Waals surface area contributed by atoms with Crippen molar-refractivity contribution in [2.45, 2.75) is 31.2 Å². The highest BCUT2D eigenvalue weighted by Crippen LogP contribution is 2.69. The van der Waals surface area contributed by atoms with Crippen LogP contribution in [0.2, 0.25) is 5.02 Å². The van der Waals surface area contributed by atoms with Crippen LogP contribution in [0, 0.1) is 11.2 Å². The fourth-order valence-corrected chi connectivity index (χ4v) is 4.37. The van der Waals surface area contributed by atoms with Crippen LogP contribution in [0.3, 0.4) is 0 Å². The Hall–Kier alpha value is -2.54. The van der Waals surface area contributed by atoms with Crippen LogP contribution in [0.4, 0.5) is 4.39 Å². The number of amides is 1. The molecule has 1 heterocycles. The third kappa shape index (κ3) is 3.51. The summed E-state index contributed by atoms with van der Waals surface area (Å²) in [4.78, 5) is 32.1. The van der Waals surface area contributed by atoms with Crippen LogP contribution in [-0.4, -0.2) is 33.8 Å². The normalized spacial score (nSPS) is 25.1. The first-order valence-corrected chi connectivity index (χ1v) is 8.95. The molecule has 1 aromatic heterocycles. The molecule has 1 N–H and O–H groups in total. The van der Waals surface area contributed by atoms with Crippen molar-refractivity contribution in [1.29, 1.82) is 0 Å². The third-order valence-electron chi connectivity index (χ3n) is 5.20. The summed E-state index contributed by atoms with van der Waals surface area (Å²) in [6.07, 6.45) is 5.59. The van der Waals surface area contributed by atoms with Crippen LogP contribution in [0.1, 0.15) is 36.2 Å². The fraction of sp³-hybridized carbons (Fsp3) is 0.368. The Labute approximate surface area is 160 Å². The average Bonchev–Trinajstić information content (AvgIpc) is 2.60. The van der Waals surface area contributed by atoms with Crippen molar-refractivity contribution in [2.75, 3.05) is 6.61 Å². The lowest BCUT2D eigenvalue weighted by atomic mass is 9.38. The lowest BCUT2D eigenvalue weighted by Gasteiger charge is -2.70. The molecule has 3 aliphatic carbocycles. The van der Waals surface area contributed by atoms with Crippen molar-refractivity contribution in [2.24, 2.45) is 5.41 Å². The SMILES string of the molecule is O=C(COc1ccc(Cl)c(F)c1)CC12CC(NC(=O)c3ccncn3)(C1)C2. The minimum Gasteiger partial charge on any atom is -0.486 e. The summed E-state index contributed by atoms with van der Waals surface area (Å²) in [7, 11) is 0. The van der Waals surface area contributed by atoms with Crippen LogP contribution < -0.4 is 10.1 Å². The average molecular weight is 390 g/mol. The van der Waals surface area contributed by atoms with E-state index < -0.39 is 5.82 Å². The van der Waals surface area contributed by atoms with Crippen molar-refractivity contribution in [3.8, 4) is 5.75 Å². The van der Waals surface area contributed by atoms with Gasteiger partial charge in [-0.1, -0.05) is 11.6 Å². The van der Waals surface area contributed by atoms with E-state index in [0.29, 0.717) is 12.1 Å². The largest absolute Gasteiger partial charge is 0.486 e. The Balaban J connectivity index is 1.24. The molecule has 1 aromatic carbocycles. The standard InChI is InChI=1S/C19H17ClFN3O3/c20-14-2-1-13(5-15(14)21)27-7-12(25)6-18-8-19(9-18,10-18)24-17(26)16-3-4-22-11-23-16/h1-5,11H,6-10H2,(H,24,26). The summed E-state index contributed by atoms with van der Waals surface area (Å²) in [5.41, 5.74) is 0.0658. The molecule has 5 rings (SSSR count). The molecular weight excluding hydrogens is 373 g/mol. The number of Topliss-reactive ketones (excluding diaryl/α,β-unsaturated/α-hetero) is 1. The van der Waals surface area contributed by atoms with Crippen molar-refractivity contribution in [3.05, 3.63) is 53.3 Å². The van der Waals surface area contributed by atoms with Crippen LogP contribution in [0.15, 0.2) is 36.8 Å². The summed E-state index contributed by atoms with van der Waals surface area (Å²) in [6.45, 7) is -0.108. The van der Waals surface area contributed by atoms with Gasteiger partial charge >= 0.3 is 0 Å². The van der Waals surface area contributed by atoms with E-state index in [9.17, 15) is 14.0 Å². The molecule has 0 radical (unpaired) electrons. The van der Waals surface area contributed by atoms with Gasteiger partial charge in [0.1, 0.15) is 30.2 Å². The number of aromatic nitrogens is 2. The van der Waals surface area contributed by atoms with E-state index in [1.54, 1.807) is 6.07 Å². The maximum atomic E-state index is 13.4. The monoisotopic (exact) mass is 389 g/mol. The van der Waals surface area contributed by atoms with Crippen LogP contribution in [0.5, 0.6) is 5.75 Å². The molecule has 6 nitrogen and oxygen atoms in total. The molecule has 140 valence electrons. The van der Waals surface area contributed by atoms with Gasteiger partial charge in [0.15, 0.2) is 5.78 Å². The zero-order valence-electron chi connectivity index (χ0n) is 14.4. The Morgan fingerprint density at radius 2 is 2.04 bits per heavy atom.